The van der Waals surface area contributed by atoms with Crippen LogP contribution in [0.5, 0.6) is 5.75 Å². The smallest absolute Gasteiger partial charge is 0.255 e. The molecule has 1 N–H and O–H groups in total. The van der Waals surface area contributed by atoms with E-state index in [0.717, 1.165) is 29.0 Å². The van der Waals surface area contributed by atoms with E-state index in [9.17, 15) is 4.79 Å². The number of hydrogen-bond acceptors (Lipinski definition) is 4. The summed E-state index contributed by atoms with van der Waals surface area (Å²) in [5.41, 5.74) is 3.55. The number of rotatable bonds is 4. The van der Waals surface area contributed by atoms with Crippen LogP contribution in [-0.2, 0) is 13.0 Å². The fourth-order valence-corrected chi connectivity index (χ4v) is 3.00. The lowest BCUT2D eigenvalue weighted by atomic mass is 10.00. The third-order valence-electron chi connectivity index (χ3n) is 4.31. The minimum absolute atomic E-state index is 0.0614. The Labute approximate surface area is 141 Å². The molecular formula is C18H20N4O2. The van der Waals surface area contributed by atoms with E-state index in [1.807, 2.05) is 32.0 Å². The van der Waals surface area contributed by atoms with Crippen LogP contribution in [0.1, 0.15) is 33.6 Å². The number of amides is 1. The van der Waals surface area contributed by atoms with Crippen LogP contribution >= 0.6 is 0 Å². The van der Waals surface area contributed by atoms with Crippen LogP contribution in [0.3, 0.4) is 0 Å². The first-order valence-electron chi connectivity index (χ1n) is 8.01. The van der Waals surface area contributed by atoms with Crippen molar-refractivity contribution in [3.63, 3.8) is 0 Å². The van der Waals surface area contributed by atoms with Crippen molar-refractivity contribution in [2.75, 3.05) is 6.61 Å². The molecule has 6 heteroatoms. The summed E-state index contributed by atoms with van der Waals surface area (Å²) in [6, 6.07) is 8.09. The summed E-state index contributed by atoms with van der Waals surface area (Å²) in [4.78, 5) is 12.5. The summed E-state index contributed by atoms with van der Waals surface area (Å²) < 4.78 is 7.51. The van der Waals surface area contributed by atoms with Crippen molar-refractivity contribution in [2.45, 2.75) is 39.3 Å². The van der Waals surface area contributed by atoms with Crippen molar-refractivity contribution in [3.05, 3.63) is 46.8 Å². The van der Waals surface area contributed by atoms with Crippen LogP contribution in [0.4, 0.5) is 0 Å². The van der Waals surface area contributed by atoms with Gasteiger partial charge >= 0.3 is 0 Å². The number of hydrogen-bond donors (Lipinski definition) is 1. The molecule has 1 aliphatic rings. The van der Waals surface area contributed by atoms with E-state index in [0.29, 0.717) is 25.1 Å². The van der Waals surface area contributed by atoms with E-state index in [1.165, 1.54) is 0 Å². The highest BCUT2D eigenvalue weighted by Gasteiger charge is 2.24. The highest BCUT2D eigenvalue weighted by Crippen LogP contribution is 2.28. The maximum absolute atomic E-state index is 12.5. The van der Waals surface area contributed by atoms with E-state index in [-0.39, 0.29) is 11.9 Å². The van der Waals surface area contributed by atoms with Crippen LogP contribution in [0.2, 0.25) is 0 Å². The molecule has 0 bridgehead atoms. The summed E-state index contributed by atoms with van der Waals surface area (Å²) in [7, 11) is 0. The topological polar surface area (TPSA) is 79.9 Å². The predicted octanol–water partition coefficient (Wildman–Crippen LogP) is 2.15. The molecule has 124 valence electrons. The zero-order chi connectivity index (χ0) is 17.1. The Balaban J connectivity index is 1.68. The molecular weight excluding hydrogens is 304 g/mol. The van der Waals surface area contributed by atoms with Gasteiger partial charge in [0, 0.05) is 5.69 Å². The summed E-state index contributed by atoms with van der Waals surface area (Å²) in [5.74, 6) is 0.781. The van der Waals surface area contributed by atoms with Crippen molar-refractivity contribution in [1.29, 1.82) is 5.26 Å². The van der Waals surface area contributed by atoms with Crippen LogP contribution in [0.15, 0.2) is 24.4 Å². The SMILES string of the molecule is Cc1cccc2c1OCC(NC(=O)c1cnn(CCC#N)c1C)C2. The number of carbonyl (C=O) groups excluding carboxylic acids is 1. The lowest BCUT2D eigenvalue weighted by Gasteiger charge is -2.27. The number of aromatic nitrogens is 2. The average Bonchev–Trinajstić information content (AvgIpc) is 2.94. The third-order valence-corrected chi connectivity index (χ3v) is 4.31. The number of nitrogens with zero attached hydrogens (tertiary/aromatic N) is 3. The van der Waals surface area contributed by atoms with Gasteiger partial charge in [-0.25, -0.2) is 0 Å². The quantitative estimate of drug-likeness (QED) is 0.934. The number of carbonyl (C=O) groups is 1. The largest absolute Gasteiger partial charge is 0.491 e. The maximum Gasteiger partial charge on any atom is 0.255 e. The van der Waals surface area contributed by atoms with E-state index >= 15 is 0 Å². The number of fused-ring (bicyclic) bond motifs is 1. The van der Waals surface area contributed by atoms with Crippen LogP contribution < -0.4 is 10.1 Å². The van der Waals surface area contributed by atoms with Crippen molar-refractivity contribution < 1.29 is 9.53 Å². The highest BCUT2D eigenvalue weighted by molar-refractivity contribution is 5.95. The molecule has 0 spiro atoms. The van der Waals surface area contributed by atoms with E-state index in [2.05, 4.69) is 16.5 Å². The van der Waals surface area contributed by atoms with Gasteiger partial charge < -0.3 is 10.1 Å². The average molecular weight is 324 g/mol. The molecule has 2 heterocycles. The number of nitriles is 1. The predicted molar refractivity (Wildman–Crippen MR) is 88.8 cm³/mol. The molecule has 1 aliphatic heterocycles. The second kappa shape index (κ2) is 6.75. The van der Waals surface area contributed by atoms with Gasteiger partial charge in [0.05, 0.1) is 36.8 Å². The number of ether oxygens (including phenoxy) is 1. The fourth-order valence-electron chi connectivity index (χ4n) is 3.00. The molecule has 0 radical (unpaired) electrons. The third kappa shape index (κ3) is 3.11. The molecule has 0 fully saturated rings. The Morgan fingerprint density at radius 2 is 2.33 bits per heavy atom. The molecule has 0 aliphatic carbocycles. The van der Waals surface area contributed by atoms with Crippen LogP contribution in [0.25, 0.3) is 0 Å². The van der Waals surface area contributed by atoms with Crippen LogP contribution in [0, 0.1) is 25.2 Å². The highest BCUT2D eigenvalue weighted by atomic mass is 16.5. The molecule has 1 aromatic heterocycles. The Kier molecular flexibility index (Phi) is 4.52. The van der Waals surface area contributed by atoms with Crippen molar-refractivity contribution in [1.82, 2.24) is 15.1 Å². The zero-order valence-corrected chi connectivity index (χ0v) is 13.9. The summed E-state index contributed by atoms with van der Waals surface area (Å²) in [5, 5.41) is 15.9. The fraction of sp³-hybridized carbons (Fsp3) is 0.389. The molecule has 3 rings (SSSR count). The number of nitrogens with one attached hydrogen (secondary N) is 1. The second-order valence-electron chi connectivity index (χ2n) is 6.02. The lowest BCUT2D eigenvalue weighted by molar-refractivity contribution is 0.0914. The molecule has 0 saturated heterocycles. The second-order valence-corrected chi connectivity index (χ2v) is 6.02. The molecule has 1 atom stereocenters. The van der Waals surface area contributed by atoms with Gasteiger partial charge in [-0.3, -0.25) is 9.48 Å². The monoisotopic (exact) mass is 324 g/mol. The van der Waals surface area contributed by atoms with Crippen LogP contribution in [-0.4, -0.2) is 28.3 Å². The Morgan fingerprint density at radius 3 is 3.12 bits per heavy atom. The first-order valence-corrected chi connectivity index (χ1v) is 8.01. The van der Waals surface area contributed by atoms with Gasteiger partial charge in [-0.2, -0.15) is 10.4 Å². The maximum atomic E-state index is 12.5. The van der Waals surface area contributed by atoms with Gasteiger partial charge in [0.25, 0.3) is 5.91 Å². The summed E-state index contributed by atoms with van der Waals surface area (Å²) >= 11 is 0. The Bertz CT molecular complexity index is 804. The Morgan fingerprint density at radius 1 is 1.50 bits per heavy atom. The van der Waals surface area contributed by atoms with Gasteiger partial charge in [0.1, 0.15) is 12.4 Å². The van der Waals surface area contributed by atoms with Gasteiger partial charge in [0.2, 0.25) is 0 Å². The number of benzene rings is 1. The lowest BCUT2D eigenvalue weighted by Crippen LogP contribution is -2.43. The van der Waals surface area contributed by atoms with Crippen molar-refractivity contribution in [2.24, 2.45) is 0 Å². The van der Waals surface area contributed by atoms with Gasteiger partial charge in [-0.05, 0) is 31.4 Å². The molecule has 2 aromatic rings. The van der Waals surface area contributed by atoms with Gasteiger partial charge in [0.15, 0.2) is 0 Å². The standard InChI is InChI=1S/C18H20N4O2/c1-12-5-3-6-14-9-15(11-24-17(12)14)21-18(23)16-10-20-22(13(16)2)8-4-7-19/h3,5-6,10,15H,4,8-9,11H2,1-2H3,(H,21,23). The Hall–Kier alpha value is -2.81. The number of aryl methyl sites for hydroxylation is 2. The molecule has 1 aromatic carbocycles. The van der Waals surface area contributed by atoms with Crippen molar-refractivity contribution in [3.8, 4) is 11.8 Å². The van der Waals surface area contributed by atoms with Crippen molar-refractivity contribution >= 4 is 5.91 Å². The minimum atomic E-state index is -0.152. The van der Waals surface area contributed by atoms with E-state index in [1.54, 1.807) is 10.9 Å². The van der Waals surface area contributed by atoms with E-state index < -0.39 is 0 Å². The first kappa shape index (κ1) is 16.1. The zero-order valence-electron chi connectivity index (χ0n) is 13.9. The molecule has 24 heavy (non-hydrogen) atoms. The van der Waals surface area contributed by atoms with Gasteiger partial charge in [-0.15, -0.1) is 0 Å². The first-order chi connectivity index (χ1) is 11.6. The molecule has 1 amide bonds. The number of para-hydroxylation sites is 1. The molecule has 6 nitrogen and oxygen atoms in total. The normalized spacial score (nSPS) is 16.0. The summed E-state index contributed by atoms with van der Waals surface area (Å²) in [6.07, 6.45) is 2.68. The van der Waals surface area contributed by atoms with E-state index in [4.69, 9.17) is 10.00 Å². The van der Waals surface area contributed by atoms with Gasteiger partial charge in [-0.1, -0.05) is 18.2 Å². The minimum Gasteiger partial charge on any atom is -0.491 e. The molecule has 1 unspecified atom stereocenters. The molecule has 0 saturated carbocycles. The summed E-state index contributed by atoms with van der Waals surface area (Å²) in [6.45, 7) is 4.83.